The second kappa shape index (κ2) is 5.65. The maximum Gasteiger partial charge on any atom is 0.335 e. The summed E-state index contributed by atoms with van der Waals surface area (Å²) in [5.41, 5.74) is -0.0816. The number of carbonyl (C=O) groups is 1. The number of aromatic carboxylic acids is 1. The molecule has 1 saturated carbocycles. The van der Waals surface area contributed by atoms with E-state index in [1.165, 1.54) is 30.6 Å². The summed E-state index contributed by atoms with van der Waals surface area (Å²) in [5, 5.41) is 9.04. The molecule has 0 saturated heterocycles. The van der Waals surface area contributed by atoms with Crippen LogP contribution < -0.4 is 4.74 Å². The largest absolute Gasteiger partial charge is 0.495 e. The van der Waals surface area contributed by atoms with E-state index in [-0.39, 0.29) is 22.3 Å². The Labute approximate surface area is 124 Å². The number of nitrogens with zero attached hydrogens (tertiary/aromatic N) is 1. The van der Waals surface area contributed by atoms with Gasteiger partial charge in [-0.25, -0.2) is 13.2 Å². The number of ether oxygens (including phenoxy) is 1. The highest BCUT2D eigenvalue weighted by Crippen LogP contribution is 2.37. The first-order valence-electron chi connectivity index (χ1n) is 6.68. The molecule has 1 unspecified atom stereocenters. The monoisotopic (exact) mass is 313 g/mol. The van der Waals surface area contributed by atoms with Crippen LogP contribution in [0.1, 0.15) is 30.1 Å². The Morgan fingerprint density at radius 3 is 2.52 bits per heavy atom. The summed E-state index contributed by atoms with van der Waals surface area (Å²) < 4.78 is 31.8. The molecule has 1 fully saturated rings. The molecule has 1 aliphatic carbocycles. The summed E-state index contributed by atoms with van der Waals surface area (Å²) in [6.45, 7) is 1.86. The first-order valence-corrected chi connectivity index (χ1v) is 8.12. The molecule has 1 N–H and O–H groups in total. The minimum atomic E-state index is -3.80. The minimum absolute atomic E-state index is 0.0816. The van der Waals surface area contributed by atoms with Crippen molar-refractivity contribution in [3.05, 3.63) is 23.8 Å². The lowest BCUT2D eigenvalue weighted by atomic mass is 10.2. The van der Waals surface area contributed by atoms with Gasteiger partial charge in [-0.2, -0.15) is 4.31 Å². The van der Waals surface area contributed by atoms with Gasteiger partial charge in [0, 0.05) is 13.1 Å². The Morgan fingerprint density at radius 2 is 2.05 bits per heavy atom. The maximum absolute atomic E-state index is 12.7. The standard InChI is InChI=1S/C14H19NO5S/c1-9(10-4-5-10)15(2)21(18,19)13-8-11(14(16)17)6-7-12(13)20-3/h6-10H,4-5H2,1-3H3,(H,16,17). The van der Waals surface area contributed by atoms with Gasteiger partial charge in [0.05, 0.1) is 12.7 Å². The third-order valence-corrected chi connectivity index (χ3v) is 5.91. The van der Waals surface area contributed by atoms with Gasteiger partial charge in [-0.1, -0.05) is 0 Å². The predicted octanol–water partition coefficient (Wildman–Crippen LogP) is 1.81. The van der Waals surface area contributed by atoms with Crippen LogP contribution in [0.5, 0.6) is 5.75 Å². The van der Waals surface area contributed by atoms with Crippen LogP contribution in [0.3, 0.4) is 0 Å². The molecule has 116 valence electrons. The minimum Gasteiger partial charge on any atom is -0.495 e. The molecule has 1 aliphatic rings. The normalized spacial score (nSPS) is 16.8. The molecule has 0 amide bonds. The zero-order chi connectivity index (χ0) is 15.8. The van der Waals surface area contributed by atoms with Crippen LogP contribution >= 0.6 is 0 Å². The van der Waals surface area contributed by atoms with E-state index in [1.54, 1.807) is 0 Å². The van der Waals surface area contributed by atoms with Crippen molar-refractivity contribution in [3.8, 4) is 5.75 Å². The number of rotatable bonds is 6. The molecular formula is C14H19NO5S. The number of sulfonamides is 1. The van der Waals surface area contributed by atoms with Gasteiger partial charge in [0.2, 0.25) is 10.0 Å². The first-order chi connectivity index (χ1) is 9.78. The van der Waals surface area contributed by atoms with Crippen LogP contribution in [-0.2, 0) is 10.0 Å². The SMILES string of the molecule is COc1ccc(C(=O)O)cc1S(=O)(=O)N(C)C(C)C1CC1. The second-order valence-electron chi connectivity index (χ2n) is 5.27. The van der Waals surface area contributed by atoms with Crippen LogP contribution in [0, 0.1) is 5.92 Å². The number of hydrogen-bond donors (Lipinski definition) is 1. The van der Waals surface area contributed by atoms with Crippen molar-refractivity contribution in [2.45, 2.75) is 30.7 Å². The first kappa shape index (κ1) is 15.8. The Bertz CT molecular complexity index is 651. The zero-order valence-corrected chi connectivity index (χ0v) is 13.1. The average molecular weight is 313 g/mol. The molecule has 1 aromatic rings. The van der Waals surface area contributed by atoms with E-state index >= 15 is 0 Å². The average Bonchev–Trinajstić information content (AvgIpc) is 3.29. The van der Waals surface area contributed by atoms with Crippen molar-refractivity contribution in [1.82, 2.24) is 4.31 Å². The molecular weight excluding hydrogens is 294 g/mol. The van der Waals surface area contributed by atoms with Crippen LogP contribution in [0.15, 0.2) is 23.1 Å². The summed E-state index contributed by atoms with van der Waals surface area (Å²) in [6.07, 6.45) is 2.04. The quantitative estimate of drug-likeness (QED) is 0.866. The molecule has 0 aliphatic heterocycles. The summed E-state index contributed by atoms with van der Waals surface area (Å²) in [5.74, 6) is -0.653. The van der Waals surface area contributed by atoms with Gasteiger partial charge in [0.15, 0.2) is 0 Å². The summed E-state index contributed by atoms with van der Waals surface area (Å²) in [4.78, 5) is 10.9. The number of benzene rings is 1. The Hall–Kier alpha value is -1.60. The fourth-order valence-electron chi connectivity index (χ4n) is 2.26. The molecule has 6 nitrogen and oxygen atoms in total. The van der Waals surface area contributed by atoms with Gasteiger partial charge < -0.3 is 9.84 Å². The molecule has 0 radical (unpaired) electrons. The predicted molar refractivity (Wildman–Crippen MR) is 77.1 cm³/mol. The summed E-state index contributed by atoms with van der Waals surface area (Å²) >= 11 is 0. The van der Waals surface area contributed by atoms with Crippen LogP contribution in [0.2, 0.25) is 0 Å². The summed E-state index contributed by atoms with van der Waals surface area (Å²) in [6, 6.07) is 3.72. The molecule has 0 heterocycles. The highest BCUT2D eigenvalue weighted by molar-refractivity contribution is 7.89. The number of hydrogen-bond acceptors (Lipinski definition) is 4. The van der Waals surface area contributed by atoms with Gasteiger partial charge in [0.25, 0.3) is 0 Å². The highest BCUT2D eigenvalue weighted by Gasteiger charge is 2.37. The van der Waals surface area contributed by atoms with Crippen LogP contribution in [0.4, 0.5) is 0 Å². The van der Waals surface area contributed by atoms with Gasteiger partial charge in [-0.15, -0.1) is 0 Å². The number of carboxylic acids is 1. The lowest BCUT2D eigenvalue weighted by Gasteiger charge is -2.25. The zero-order valence-electron chi connectivity index (χ0n) is 12.2. The van der Waals surface area contributed by atoms with E-state index in [4.69, 9.17) is 9.84 Å². The van der Waals surface area contributed by atoms with Crippen molar-refractivity contribution in [2.24, 2.45) is 5.92 Å². The van der Waals surface area contributed by atoms with Crippen molar-refractivity contribution >= 4 is 16.0 Å². The van der Waals surface area contributed by atoms with Crippen molar-refractivity contribution in [1.29, 1.82) is 0 Å². The molecule has 0 bridgehead atoms. The Kier molecular flexibility index (Phi) is 4.25. The number of methoxy groups -OCH3 is 1. The van der Waals surface area contributed by atoms with E-state index in [1.807, 2.05) is 6.92 Å². The molecule has 1 aromatic carbocycles. The molecule has 7 heteroatoms. The molecule has 2 rings (SSSR count). The fraction of sp³-hybridized carbons (Fsp3) is 0.500. The Morgan fingerprint density at radius 1 is 1.43 bits per heavy atom. The third-order valence-electron chi connectivity index (χ3n) is 3.95. The highest BCUT2D eigenvalue weighted by atomic mass is 32.2. The second-order valence-corrected chi connectivity index (χ2v) is 7.24. The molecule has 0 aromatic heterocycles. The van der Waals surface area contributed by atoms with Crippen LogP contribution in [-0.4, -0.2) is 44.0 Å². The van der Waals surface area contributed by atoms with E-state index < -0.39 is 16.0 Å². The van der Waals surface area contributed by atoms with Crippen molar-refractivity contribution < 1.29 is 23.1 Å². The van der Waals surface area contributed by atoms with E-state index in [0.717, 1.165) is 18.9 Å². The van der Waals surface area contributed by atoms with Crippen molar-refractivity contribution in [3.63, 3.8) is 0 Å². The summed E-state index contributed by atoms with van der Waals surface area (Å²) in [7, 11) is -0.918. The lowest BCUT2D eigenvalue weighted by molar-refractivity contribution is 0.0696. The van der Waals surface area contributed by atoms with Crippen LogP contribution in [0.25, 0.3) is 0 Å². The van der Waals surface area contributed by atoms with E-state index in [2.05, 4.69) is 0 Å². The Balaban J connectivity index is 2.46. The van der Waals surface area contributed by atoms with Gasteiger partial charge in [0.1, 0.15) is 10.6 Å². The molecule has 21 heavy (non-hydrogen) atoms. The van der Waals surface area contributed by atoms with E-state index in [9.17, 15) is 13.2 Å². The number of carboxylic acid groups (broad SMARTS) is 1. The van der Waals surface area contributed by atoms with E-state index in [0.29, 0.717) is 5.92 Å². The lowest BCUT2D eigenvalue weighted by Crippen LogP contribution is -2.36. The smallest absolute Gasteiger partial charge is 0.335 e. The molecule has 0 spiro atoms. The maximum atomic E-state index is 12.7. The topological polar surface area (TPSA) is 83.9 Å². The third kappa shape index (κ3) is 3.03. The van der Waals surface area contributed by atoms with Gasteiger partial charge in [-0.05, 0) is 43.9 Å². The van der Waals surface area contributed by atoms with Crippen molar-refractivity contribution in [2.75, 3.05) is 14.2 Å². The fourth-order valence-corrected chi connectivity index (χ4v) is 3.86. The van der Waals surface area contributed by atoms with Gasteiger partial charge >= 0.3 is 5.97 Å². The molecule has 1 atom stereocenters. The van der Waals surface area contributed by atoms with Gasteiger partial charge in [-0.3, -0.25) is 0 Å².